The van der Waals surface area contributed by atoms with Crippen LogP contribution in [0.2, 0.25) is 0 Å². The van der Waals surface area contributed by atoms with E-state index in [2.05, 4.69) is 27.4 Å². The molecular weight excluding hydrogens is 464 g/mol. The van der Waals surface area contributed by atoms with Gasteiger partial charge in [0.25, 0.3) is 0 Å². The molecule has 1 aliphatic rings. The molecule has 35 heavy (non-hydrogen) atoms. The van der Waals surface area contributed by atoms with Gasteiger partial charge in [0.05, 0.1) is 24.5 Å². The fraction of sp³-hybridized carbons (Fsp3) is 0.217. The molecule has 0 unspecified atom stereocenters. The van der Waals surface area contributed by atoms with Gasteiger partial charge in [-0.15, -0.1) is 5.10 Å². The predicted octanol–water partition coefficient (Wildman–Crippen LogP) is 3.52. The van der Waals surface area contributed by atoms with Crippen LogP contribution in [-0.2, 0) is 9.47 Å². The predicted molar refractivity (Wildman–Crippen MR) is 122 cm³/mol. The van der Waals surface area contributed by atoms with Crippen LogP contribution in [0, 0.1) is 11.6 Å². The molecule has 1 saturated heterocycles. The summed E-state index contributed by atoms with van der Waals surface area (Å²) in [5.41, 5.74) is 1.36. The monoisotopic (exact) mass is 485 g/mol. The van der Waals surface area contributed by atoms with Crippen LogP contribution in [0.3, 0.4) is 0 Å². The van der Waals surface area contributed by atoms with Crippen molar-refractivity contribution in [2.45, 2.75) is 0 Å². The van der Waals surface area contributed by atoms with Crippen LogP contribution in [0.15, 0.2) is 53.5 Å². The molecule has 10 nitrogen and oxygen atoms in total. The zero-order valence-corrected chi connectivity index (χ0v) is 18.4. The summed E-state index contributed by atoms with van der Waals surface area (Å²) in [6.45, 7) is 5.83. The van der Waals surface area contributed by atoms with Crippen molar-refractivity contribution in [1.29, 1.82) is 0 Å². The quantitative estimate of drug-likeness (QED) is 0.365. The van der Waals surface area contributed by atoms with E-state index in [0.29, 0.717) is 37.7 Å². The normalized spacial score (nSPS) is 13.3. The van der Waals surface area contributed by atoms with E-state index in [1.165, 1.54) is 18.2 Å². The summed E-state index contributed by atoms with van der Waals surface area (Å²) in [5.74, 6) is -3.76. The van der Waals surface area contributed by atoms with E-state index >= 15 is 0 Å². The topological polar surface area (TPSA) is 119 Å². The Balaban J connectivity index is 1.50. The second-order valence-electron chi connectivity index (χ2n) is 7.34. The maximum atomic E-state index is 13.4. The second kappa shape index (κ2) is 10.7. The Morgan fingerprint density at radius 2 is 1.86 bits per heavy atom. The van der Waals surface area contributed by atoms with Crippen molar-refractivity contribution in [3.63, 3.8) is 0 Å². The second-order valence-corrected chi connectivity index (χ2v) is 7.34. The molecule has 12 heteroatoms. The number of esters is 1. The number of ether oxygens (including phenoxy) is 2. The van der Waals surface area contributed by atoms with E-state index in [1.807, 2.05) is 4.90 Å². The van der Waals surface area contributed by atoms with Crippen molar-refractivity contribution in [3.8, 4) is 0 Å². The van der Waals surface area contributed by atoms with E-state index in [4.69, 9.17) is 13.9 Å². The van der Waals surface area contributed by atoms with Crippen molar-refractivity contribution >= 4 is 35.0 Å². The number of morpholine rings is 1. The summed E-state index contributed by atoms with van der Waals surface area (Å²) in [7, 11) is 0. The molecule has 0 spiro atoms. The van der Waals surface area contributed by atoms with Gasteiger partial charge in [0.1, 0.15) is 6.61 Å². The lowest BCUT2D eigenvalue weighted by Gasteiger charge is -2.30. The van der Waals surface area contributed by atoms with Gasteiger partial charge in [-0.25, -0.2) is 13.6 Å². The Bertz CT molecular complexity index is 1240. The highest BCUT2D eigenvalue weighted by Crippen LogP contribution is 2.27. The third-order valence-electron chi connectivity index (χ3n) is 4.95. The molecule has 2 N–H and O–H groups in total. The number of benzene rings is 2. The SMILES string of the molecule is C=CCOC(=O)c1cc(NC(=O)c2nnc(Nc3ccc(F)c(F)c3)o2)ccc1N1CCOCC1. The highest BCUT2D eigenvalue weighted by molar-refractivity contribution is 6.03. The number of amides is 1. The van der Waals surface area contributed by atoms with Gasteiger partial charge < -0.3 is 29.4 Å². The van der Waals surface area contributed by atoms with Crippen LogP contribution < -0.4 is 15.5 Å². The molecular formula is C23H21F2N5O5. The minimum Gasteiger partial charge on any atom is -0.458 e. The Labute approximate surface area is 198 Å². The number of aromatic nitrogens is 2. The lowest BCUT2D eigenvalue weighted by Crippen LogP contribution is -2.37. The van der Waals surface area contributed by atoms with Gasteiger partial charge in [0.15, 0.2) is 11.6 Å². The number of nitrogens with one attached hydrogen (secondary N) is 2. The van der Waals surface area contributed by atoms with Gasteiger partial charge in [0.2, 0.25) is 0 Å². The number of nitrogens with zero attached hydrogens (tertiary/aromatic N) is 3. The minimum absolute atomic E-state index is 0.0354. The average Bonchev–Trinajstić information content (AvgIpc) is 3.34. The van der Waals surface area contributed by atoms with Crippen molar-refractivity contribution in [2.24, 2.45) is 0 Å². The molecule has 1 aromatic heterocycles. The van der Waals surface area contributed by atoms with Gasteiger partial charge in [-0.1, -0.05) is 17.8 Å². The lowest BCUT2D eigenvalue weighted by atomic mass is 10.1. The molecule has 182 valence electrons. The molecule has 1 aliphatic heterocycles. The van der Waals surface area contributed by atoms with Crippen LogP contribution in [0.4, 0.5) is 31.9 Å². The molecule has 1 fully saturated rings. The summed E-state index contributed by atoms with van der Waals surface area (Å²) in [6.07, 6.45) is 1.46. The van der Waals surface area contributed by atoms with Crippen LogP contribution >= 0.6 is 0 Å². The van der Waals surface area contributed by atoms with E-state index < -0.39 is 23.5 Å². The minimum atomic E-state index is -1.06. The van der Waals surface area contributed by atoms with Crippen molar-refractivity contribution in [3.05, 3.63) is 72.1 Å². The molecule has 0 aliphatic carbocycles. The maximum Gasteiger partial charge on any atom is 0.340 e. The van der Waals surface area contributed by atoms with E-state index in [0.717, 1.165) is 12.1 Å². The summed E-state index contributed by atoms with van der Waals surface area (Å²) in [6, 6.07) is 7.73. The number of hydrogen-bond donors (Lipinski definition) is 2. The van der Waals surface area contributed by atoms with Crippen molar-refractivity contribution in [1.82, 2.24) is 10.2 Å². The standard InChI is InChI=1S/C23H21F2N5O5/c1-2-9-34-22(32)16-12-14(4-6-19(16)30-7-10-33-11-8-30)26-20(31)21-28-29-23(35-21)27-15-3-5-17(24)18(25)13-15/h2-6,12-13H,1,7-11H2,(H,26,31)(H,27,29). The van der Waals surface area contributed by atoms with Crippen molar-refractivity contribution < 1.29 is 32.3 Å². The largest absolute Gasteiger partial charge is 0.458 e. The smallest absolute Gasteiger partial charge is 0.340 e. The summed E-state index contributed by atoms with van der Waals surface area (Å²) < 4.78 is 42.3. The van der Waals surface area contributed by atoms with Crippen LogP contribution in [0.5, 0.6) is 0 Å². The molecule has 1 amide bonds. The summed E-state index contributed by atoms with van der Waals surface area (Å²) in [4.78, 5) is 27.3. The van der Waals surface area contributed by atoms with Crippen LogP contribution in [0.25, 0.3) is 0 Å². The molecule has 0 atom stereocenters. The zero-order chi connectivity index (χ0) is 24.8. The number of carbonyl (C=O) groups excluding carboxylic acids is 2. The molecule has 0 radical (unpaired) electrons. The maximum absolute atomic E-state index is 13.4. The Hall–Kier alpha value is -4.32. The first-order valence-corrected chi connectivity index (χ1v) is 10.6. The summed E-state index contributed by atoms with van der Waals surface area (Å²) >= 11 is 0. The van der Waals surface area contributed by atoms with Crippen LogP contribution in [0.1, 0.15) is 21.0 Å². The summed E-state index contributed by atoms with van der Waals surface area (Å²) in [5, 5.41) is 12.5. The van der Waals surface area contributed by atoms with Crippen molar-refractivity contribution in [2.75, 3.05) is 48.4 Å². The number of halogens is 2. The number of anilines is 4. The Kier molecular flexibility index (Phi) is 7.31. The fourth-order valence-electron chi connectivity index (χ4n) is 3.32. The number of hydrogen-bond acceptors (Lipinski definition) is 9. The van der Waals surface area contributed by atoms with Gasteiger partial charge in [0, 0.05) is 30.5 Å². The lowest BCUT2D eigenvalue weighted by molar-refractivity contribution is 0.0549. The molecule has 0 bridgehead atoms. The molecule has 2 heterocycles. The van der Waals surface area contributed by atoms with Gasteiger partial charge in [-0.05, 0) is 30.3 Å². The molecule has 2 aromatic carbocycles. The fourth-order valence-corrected chi connectivity index (χ4v) is 3.32. The Morgan fingerprint density at radius 1 is 1.09 bits per heavy atom. The highest BCUT2D eigenvalue weighted by atomic mass is 19.2. The van der Waals surface area contributed by atoms with Gasteiger partial charge in [-0.2, -0.15) is 0 Å². The number of rotatable bonds is 8. The first-order valence-electron chi connectivity index (χ1n) is 10.6. The van der Waals surface area contributed by atoms with E-state index in [1.54, 1.807) is 12.1 Å². The molecule has 3 aromatic rings. The highest BCUT2D eigenvalue weighted by Gasteiger charge is 2.22. The third kappa shape index (κ3) is 5.79. The Morgan fingerprint density at radius 3 is 2.60 bits per heavy atom. The molecule has 0 saturated carbocycles. The first-order chi connectivity index (χ1) is 16.9. The first kappa shape index (κ1) is 23.8. The van der Waals surface area contributed by atoms with E-state index in [9.17, 15) is 18.4 Å². The van der Waals surface area contributed by atoms with Crippen LogP contribution in [-0.4, -0.2) is 55.0 Å². The molecule has 4 rings (SSSR count). The van der Waals surface area contributed by atoms with Gasteiger partial charge in [-0.3, -0.25) is 4.79 Å². The average molecular weight is 485 g/mol. The number of carbonyl (C=O) groups is 2. The van der Waals surface area contributed by atoms with Gasteiger partial charge >= 0.3 is 23.8 Å². The third-order valence-corrected chi connectivity index (χ3v) is 4.95. The van der Waals surface area contributed by atoms with E-state index in [-0.39, 0.29) is 29.8 Å². The zero-order valence-electron chi connectivity index (χ0n) is 18.4.